The Morgan fingerprint density at radius 1 is 1.45 bits per heavy atom. The Bertz CT molecular complexity index is 775. The van der Waals surface area contributed by atoms with E-state index in [2.05, 4.69) is 15.5 Å². The summed E-state index contributed by atoms with van der Waals surface area (Å²) < 4.78 is 5.37. The Hall–Kier alpha value is -1.99. The third-order valence-corrected chi connectivity index (χ3v) is 4.82. The summed E-state index contributed by atoms with van der Waals surface area (Å²) in [5.41, 5.74) is 1.64. The van der Waals surface area contributed by atoms with Crippen molar-refractivity contribution in [3.05, 3.63) is 29.3 Å². The van der Waals surface area contributed by atoms with Crippen molar-refractivity contribution in [1.29, 1.82) is 0 Å². The van der Waals surface area contributed by atoms with Gasteiger partial charge < -0.3 is 9.84 Å². The maximum Gasteiger partial charge on any atom is 0.226 e. The van der Waals surface area contributed by atoms with Crippen LogP contribution in [0.25, 0.3) is 21.2 Å². The molecule has 114 valence electrons. The minimum atomic E-state index is -0.0192. The summed E-state index contributed by atoms with van der Waals surface area (Å²) in [6.45, 7) is 3.85. The molecule has 0 aliphatic heterocycles. The summed E-state index contributed by atoms with van der Waals surface area (Å²) in [6.07, 6.45) is 1.30. The summed E-state index contributed by atoms with van der Waals surface area (Å²) in [6, 6.07) is 5.86. The van der Waals surface area contributed by atoms with Gasteiger partial charge >= 0.3 is 0 Å². The van der Waals surface area contributed by atoms with Gasteiger partial charge in [-0.05, 0) is 24.8 Å². The highest BCUT2D eigenvalue weighted by Crippen LogP contribution is 2.40. The zero-order valence-corrected chi connectivity index (χ0v) is 13.9. The molecule has 5 nitrogen and oxygen atoms in total. The number of thiophene rings is 1. The minimum absolute atomic E-state index is 0.0192. The molecule has 0 bridgehead atoms. The van der Waals surface area contributed by atoms with Gasteiger partial charge in [0.05, 0.1) is 10.6 Å². The highest BCUT2D eigenvalue weighted by atomic mass is 32.1. The molecule has 22 heavy (non-hydrogen) atoms. The van der Waals surface area contributed by atoms with Gasteiger partial charge in [-0.1, -0.05) is 29.5 Å². The fourth-order valence-corrected chi connectivity index (χ4v) is 3.73. The molecule has 3 rings (SSSR count). The van der Waals surface area contributed by atoms with Crippen LogP contribution in [-0.4, -0.2) is 16.0 Å². The van der Waals surface area contributed by atoms with Crippen LogP contribution in [0.4, 0.5) is 5.13 Å². The van der Waals surface area contributed by atoms with E-state index in [1.54, 1.807) is 11.3 Å². The predicted octanol–water partition coefficient (Wildman–Crippen LogP) is 4.57. The van der Waals surface area contributed by atoms with Crippen LogP contribution in [0.2, 0.25) is 0 Å². The first kappa shape index (κ1) is 14.9. The smallest absolute Gasteiger partial charge is 0.226 e. The Balaban J connectivity index is 1.99. The minimum Gasteiger partial charge on any atom is -0.355 e. The van der Waals surface area contributed by atoms with Crippen LogP contribution in [-0.2, 0) is 4.79 Å². The van der Waals surface area contributed by atoms with E-state index in [-0.39, 0.29) is 5.91 Å². The number of carbonyl (C=O) groups is 1. The molecule has 1 amide bonds. The molecule has 0 fully saturated rings. The van der Waals surface area contributed by atoms with Crippen molar-refractivity contribution in [3.8, 4) is 21.2 Å². The van der Waals surface area contributed by atoms with E-state index in [4.69, 9.17) is 4.52 Å². The fraction of sp³-hybridized carbons (Fsp3) is 0.267. The average Bonchev–Trinajstić information content (AvgIpc) is 3.18. The van der Waals surface area contributed by atoms with Crippen LogP contribution in [0.1, 0.15) is 25.5 Å². The zero-order valence-electron chi connectivity index (χ0n) is 12.3. The molecule has 0 radical (unpaired) electrons. The van der Waals surface area contributed by atoms with Crippen LogP contribution in [0.3, 0.4) is 0 Å². The summed E-state index contributed by atoms with van der Waals surface area (Å²) in [5, 5.41) is 9.38. The summed E-state index contributed by atoms with van der Waals surface area (Å²) >= 11 is 3.01. The molecular formula is C15H15N3O2S2. The van der Waals surface area contributed by atoms with Crippen molar-refractivity contribution in [1.82, 2.24) is 10.1 Å². The fourth-order valence-electron chi connectivity index (χ4n) is 2.00. The Morgan fingerprint density at radius 2 is 2.32 bits per heavy atom. The largest absolute Gasteiger partial charge is 0.355 e. The molecular weight excluding hydrogens is 318 g/mol. The van der Waals surface area contributed by atoms with E-state index >= 15 is 0 Å². The van der Waals surface area contributed by atoms with Gasteiger partial charge in [-0.15, -0.1) is 11.3 Å². The van der Waals surface area contributed by atoms with Crippen molar-refractivity contribution in [2.45, 2.75) is 26.7 Å². The van der Waals surface area contributed by atoms with Gasteiger partial charge in [0.1, 0.15) is 10.6 Å². The van der Waals surface area contributed by atoms with Crippen molar-refractivity contribution in [3.63, 3.8) is 0 Å². The van der Waals surface area contributed by atoms with Gasteiger partial charge in [-0.3, -0.25) is 4.79 Å². The Morgan fingerprint density at radius 3 is 2.95 bits per heavy atom. The van der Waals surface area contributed by atoms with Crippen LogP contribution < -0.4 is 5.32 Å². The quantitative estimate of drug-likeness (QED) is 0.742. The highest BCUT2D eigenvalue weighted by molar-refractivity contribution is 7.20. The van der Waals surface area contributed by atoms with Gasteiger partial charge in [-0.2, -0.15) is 0 Å². The molecule has 0 saturated carbocycles. The van der Waals surface area contributed by atoms with E-state index in [1.165, 1.54) is 11.3 Å². The molecule has 0 aliphatic rings. The molecule has 0 saturated heterocycles. The number of amides is 1. The number of thiazole rings is 1. The standard InChI is InChI=1S/C15H15N3O2S2/c1-3-5-12(19)16-15-17-13(11-6-4-7-21-11)14(22-15)10-8-9(2)18-20-10/h4,6-8H,3,5H2,1-2H3,(H,16,17,19). The Kier molecular flexibility index (Phi) is 4.35. The number of carbonyl (C=O) groups excluding carboxylic acids is 1. The lowest BCUT2D eigenvalue weighted by molar-refractivity contribution is -0.116. The number of nitrogens with zero attached hydrogens (tertiary/aromatic N) is 2. The molecule has 0 aromatic carbocycles. The topological polar surface area (TPSA) is 68.0 Å². The second kappa shape index (κ2) is 6.41. The second-order valence-electron chi connectivity index (χ2n) is 4.80. The number of hydrogen-bond donors (Lipinski definition) is 1. The molecule has 3 heterocycles. The molecule has 0 spiro atoms. The van der Waals surface area contributed by atoms with E-state index in [0.717, 1.165) is 27.6 Å². The molecule has 0 atom stereocenters. The van der Waals surface area contributed by atoms with Crippen molar-refractivity contribution < 1.29 is 9.32 Å². The van der Waals surface area contributed by atoms with Gasteiger partial charge in [-0.25, -0.2) is 4.98 Å². The number of aromatic nitrogens is 2. The van der Waals surface area contributed by atoms with Crippen molar-refractivity contribution in [2.75, 3.05) is 5.32 Å². The number of rotatable bonds is 5. The normalized spacial score (nSPS) is 10.8. The maximum atomic E-state index is 11.8. The van der Waals surface area contributed by atoms with Crippen LogP contribution >= 0.6 is 22.7 Å². The monoisotopic (exact) mass is 333 g/mol. The summed E-state index contributed by atoms with van der Waals surface area (Å²) in [7, 11) is 0. The molecule has 3 aromatic rings. The first-order chi connectivity index (χ1) is 10.7. The predicted molar refractivity (Wildman–Crippen MR) is 89.2 cm³/mol. The van der Waals surface area contributed by atoms with Crippen LogP contribution in [0.5, 0.6) is 0 Å². The lowest BCUT2D eigenvalue weighted by atomic mass is 10.2. The summed E-state index contributed by atoms with van der Waals surface area (Å²) in [4.78, 5) is 18.3. The van der Waals surface area contributed by atoms with E-state index in [1.807, 2.05) is 37.4 Å². The molecule has 3 aromatic heterocycles. The molecule has 1 N–H and O–H groups in total. The molecule has 7 heteroatoms. The van der Waals surface area contributed by atoms with Crippen molar-refractivity contribution in [2.24, 2.45) is 0 Å². The number of aryl methyl sites for hydroxylation is 1. The Labute approximate surface area is 136 Å². The SMILES string of the molecule is CCCC(=O)Nc1nc(-c2cccs2)c(-c2cc(C)no2)s1. The molecule has 0 aliphatic carbocycles. The second-order valence-corrected chi connectivity index (χ2v) is 6.75. The van der Waals surface area contributed by atoms with Gasteiger partial charge in [0.25, 0.3) is 0 Å². The van der Waals surface area contributed by atoms with Crippen LogP contribution in [0, 0.1) is 6.92 Å². The first-order valence-electron chi connectivity index (χ1n) is 6.95. The number of hydrogen-bond acceptors (Lipinski definition) is 6. The van der Waals surface area contributed by atoms with Crippen LogP contribution in [0.15, 0.2) is 28.1 Å². The van der Waals surface area contributed by atoms with E-state index in [0.29, 0.717) is 17.3 Å². The van der Waals surface area contributed by atoms with Crippen molar-refractivity contribution >= 4 is 33.7 Å². The van der Waals surface area contributed by atoms with Gasteiger partial charge in [0.15, 0.2) is 10.9 Å². The lowest BCUT2D eigenvalue weighted by Gasteiger charge is -1.97. The number of anilines is 1. The third kappa shape index (κ3) is 3.10. The van der Waals surface area contributed by atoms with Gasteiger partial charge in [0, 0.05) is 12.5 Å². The first-order valence-corrected chi connectivity index (χ1v) is 8.65. The third-order valence-electron chi connectivity index (χ3n) is 2.96. The lowest BCUT2D eigenvalue weighted by Crippen LogP contribution is -2.10. The summed E-state index contributed by atoms with van der Waals surface area (Å²) in [5.74, 6) is 0.656. The highest BCUT2D eigenvalue weighted by Gasteiger charge is 2.19. The van der Waals surface area contributed by atoms with E-state index in [9.17, 15) is 4.79 Å². The average molecular weight is 333 g/mol. The maximum absolute atomic E-state index is 11.8. The van der Waals surface area contributed by atoms with Gasteiger partial charge in [0.2, 0.25) is 5.91 Å². The van der Waals surface area contributed by atoms with E-state index < -0.39 is 0 Å². The zero-order chi connectivity index (χ0) is 15.5. The number of nitrogens with one attached hydrogen (secondary N) is 1. The molecule has 0 unspecified atom stereocenters.